The molecule has 28 heavy (non-hydrogen) atoms. The maximum absolute atomic E-state index is 12.6. The molecule has 1 aliphatic heterocycles. The highest BCUT2D eigenvalue weighted by Gasteiger charge is 2.33. The molecule has 2 aromatic rings. The van der Waals surface area contributed by atoms with Gasteiger partial charge in [0.15, 0.2) is 11.7 Å². The van der Waals surface area contributed by atoms with Crippen LogP contribution in [-0.2, 0) is 17.4 Å². The largest absolute Gasteiger partial charge is 0.434 e. The van der Waals surface area contributed by atoms with E-state index in [1.807, 2.05) is 24.3 Å². The Labute approximate surface area is 164 Å². The van der Waals surface area contributed by atoms with Crippen LogP contribution < -0.4 is 16.0 Å². The molecule has 6 nitrogen and oxygen atoms in total. The summed E-state index contributed by atoms with van der Waals surface area (Å²) in [6.07, 6.45) is -3.68. The fourth-order valence-electron chi connectivity index (χ4n) is 2.97. The van der Waals surface area contributed by atoms with Crippen LogP contribution in [0.5, 0.6) is 0 Å². The Morgan fingerprint density at radius 2 is 2.14 bits per heavy atom. The van der Waals surface area contributed by atoms with Gasteiger partial charge in [0.1, 0.15) is 0 Å². The number of nitrogens with one attached hydrogen (secondary N) is 3. The smallest absolute Gasteiger partial charge is 0.356 e. The number of guanidine groups is 1. The van der Waals surface area contributed by atoms with Crippen LogP contribution in [-0.4, -0.2) is 37.0 Å². The van der Waals surface area contributed by atoms with Gasteiger partial charge in [0.05, 0.1) is 5.01 Å². The lowest BCUT2D eigenvalue weighted by Gasteiger charge is -2.26. The molecular formula is C18H20F3N5OS. The minimum Gasteiger partial charge on any atom is -0.356 e. The number of aromatic nitrogens is 1. The second kappa shape index (κ2) is 8.59. The topological polar surface area (TPSA) is 78.4 Å². The van der Waals surface area contributed by atoms with Gasteiger partial charge in [-0.1, -0.05) is 18.2 Å². The third kappa shape index (κ3) is 5.00. The van der Waals surface area contributed by atoms with Crippen LogP contribution in [0.25, 0.3) is 0 Å². The number of carbonyl (C=O) groups is 1. The Bertz CT molecular complexity index is 865. The molecule has 0 radical (unpaired) electrons. The average molecular weight is 411 g/mol. The zero-order valence-corrected chi connectivity index (χ0v) is 16.0. The Hall–Kier alpha value is -2.62. The number of alkyl halides is 3. The predicted molar refractivity (Wildman–Crippen MR) is 103 cm³/mol. The number of para-hydroxylation sites is 1. The molecule has 0 saturated heterocycles. The summed E-state index contributed by atoms with van der Waals surface area (Å²) in [6, 6.07) is 7.66. The number of benzene rings is 1. The number of rotatable bonds is 5. The first kappa shape index (κ1) is 20.1. The first-order valence-electron chi connectivity index (χ1n) is 8.71. The third-order valence-corrected chi connectivity index (χ3v) is 5.23. The van der Waals surface area contributed by atoms with Gasteiger partial charge in [-0.2, -0.15) is 13.2 Å². The van der Waals surface area contributed by atoms with Gasteiger partial charge in [-0.05, 0) is 11.6 Å². The van der Waals surface area contributed by atoms with Crippen LogP contribution in [0.4, 0.5) is 18.9 Å². The van der Waals surface area contributed by atoms with E-state index < -0.39 is 11.9 Å². The molecule has 0 aliphatic carbocycles. The molecule has 0 saturated carbocycles. The van der Waals surface area contributed by atoms with Crippen molar-refractivity contribution in [3.05, 3.63) is 45.9 Å². The summed E-state index contributed by atoms with van der Waals surface area (Å²) >= 11 is 0.988. The molecule has 10 heteroatoms. The molecule has 1 aliphatic rings. The van der Waals surface area contributed by atoms with Crippen molar-refractivity contribution in [1.29, 1.82) is 0 Å². The van der Waals surface area contributed by atoms with Crippen LogP contribution in [0, 0.1) is 0 Å². The summed E-state index contributed by atoms with van der Waals surface area (Å²) in [6.45, 7) is 0.909. The number of halogens is 3. The van der Waals surface area contributed by atoms with E-state index in [1.54, 1.807) is 7.05 Å². The number of aliphatic imine (C=N–C) groups is 1. The van der Waals surface area contributed by atoms with Crippen LogP contribution in [0.3, 0.4) is 0 Å². The molecule has 150 valence electrons. The minimum atomic E-state index is -4.41. The van der Waals surface area contributed by atoms with Gasteiger partial charge < -0.3 is 16.0 Å². The van der Waals surface area contributed by atoms with Gasteiger partial charge in [0.25, 0.3) is 0 Å². The summed E-state index contributed by atoms with van der Waals surface area (Å²) in [5.41, 5.74) is 1.02. The molecule has 1 atom stereocenters. The van der Waals surface area contributed by atoms with E-state index in [9.17, 15) is 18.0 Å². The predicted octanol–water partition coefficient (Wildman–Crippen LogP) is 3.00. The maximum Gasteiger partial charge on any atom is 0.434 e. The molecule has 3 N–H and O–H groups in total. The molecule has 1 aromatic heterocycles. The molecule has 0 spiro atoms. The lowest BCUT2D eigenvalue weighted by molar-refractivity contribution is -0.140. The number of fused-ring (bicyclic) bond motifs is 1. The average Bonchev–Trinajstić information content (AvgIpc) is 3.13. The second-order valence-corrected chi connectivity index (χ2v) is 7.23. The SMILES string of the molecule is CN=C(NCCc1nc(C(F)(F)F)cs1)NCC1CC(=O)Nc2ccccc21. The van der Waals surface area contributed by atoms with Crippen molar-refractivity contribution >= 4 is 28.9 Å². The molecule has 1 unspecified atom stereocenters. The van der Waals surface area contributed by atoms with Crippen molar-refractivity contribution in [3.8, 4) is 0 Å². The molecule has 0 bridgehead atoms. The molecule has 0 fully saturated rings. The van der Waals surface area contributed by atoms with Crippen LogP contribution in [0.15, 0.2) is 34.6 Å². The van der Waals surface area contributed by atoms with Crippen molar-refractivity contribution in [2.24, 2.45) is 4.99 Å². The van der Waals surface area contributed by atoms with Gasteiger partial charge in [-0.3, -0.25) is 9.79 Å². The van der Waals surface area contributed by atoms with Gasteiger partial charge in [0, 0.05) is 50.0 Å². The normalized spacial score (nSPS) is 17.1. The Kier molecular flexibility index (Phi) is 6.18. The first-order valence-corrected chi connectivity index (χ1v) is 9.59. The fraction of sp³-hybridized carbons (Fsp3) is 0.389. The van der Waals surface area contributed by atoms with E-state index in [4.69, 9.17) is 0 Å². The highest BCUT2D eigenvalue weighted by molar-refractivity contribution is 7.09. The number of carbonyl (C=O) groups excluding carboxylic acids is 1. The summed E-state index contributed by atoms with van der Waals surface area (Å²) in [7, 11) is 1.61. The zero-order chi connectivity index (χ0) is 20.1. The van der Waals surface area contributed by atoms with E-state index in [1.165, 1.54) is 0 Å². The van der Waals surface area contributed by atoms with Crippen LogP contribution >= 0.6 is 11.3 Å². The van der Waals surface area contributed by atoms with Crippen molar-refractivity contribution in [1.82, 2.24) is 15.6 Å². The van der Waals surface area contributed by atoms with Gasteiger partial charge in [-0.15, -0.1) is 11.3 Å². The van der Waals surface area contributed by atoms with Gasteiger partial charge in [-0.25, -0.2) is 4.98 Å². The third-order valence-electron chi connectivity index (χ3n) is 4.32. The highest BCUT2D eigenvalue weighted by Crippen LogP contribution is 2.31. The van der Waals surface area contributed by atoms with E-state index in [2.05, 4.69) is 25.9 Å². The number of nitrogens with zero attached hydrogens (tertiary/aromatic N) is 2. The molecule has 3 rings (SSSR count). The van der Waals surface area contributed by atoms with Gasteiger partial charge in [0.2, 0.25) is 5.91 Å². The lowest BCUT2D eigenvalue weighted by Crippen LogP contribution is -2.41. The molecule has 2 heterocycles. The van der Waals surface area contributed by atoms with E-state index in [-0.39, 0.29) is 11.8 Å². The highest BCUT2D eigenvalue weighted by atomic mass is 32.1. The summed E-state index contributed by atoms with van der Waals surface area (Å²) in [4.78, 5) is 19.6. The van der Waals surface area contributed by atoms with E-state index in [0.717, 1.165) is 28.0 Å². The molecule has 1 amide bonds. The standard InChI is InChI=1S/C18H20F3N5OS/c1-22-17(23-7-6-16-26-14(10-28-16)18(19,20)21)24-9-11-8-15(27)25-13-5-3-2-4-12(11)13/h2-5,10-11H,6-9H2,1H3,(H,25,27)(H2,22,23,24). The maximum atomic E-state index is 12.6. The molecule has 1 aromatic carbocycles. The van der Waals surface area contributed by atoms with Crippen molar-refractivity contribution in [3.63, 3.8) is 0 Å². The number of amides is 1. The van der Waals surface area contributed by atoms with Gasteiger partial charge >= 0.3 is 6.18 Å². The van der Waals surface area contributed by atoms with E-state index in [0.29, 0.717) is 36.9 Å². The summed E-state index contributed by atoms with van der Waals surface area (Å²) in [5.74, 6) is 0.505. The lowest BCUT2D eigenvalue weighted by atomic mass is 9.90. The monoisotopic (exact) mass is 411 g/mol. The Morgan fingerprint density at radius 3 is 2.86 bits per heavy atom. The van der Waals surface area contributed by atoms with Crippen LogP contribution in [0.1, 0.15) is 28.6 Å². The zero-order valence-electron chi connectivity index (χ0n) is 15.1. The quantitative estimate of drug-likeness (QED) is 0.522. The van der Waals surface area contributed by atoms with E-state index >= 15 is 0 Å². The number of thiazole rings is 1. The first-order chi connectivity index (χ1) is 13.4. The molecular weight excluding hydrogens is 391 g/mol. The van der Waals surface area contributed by atoms with Crippen molar-refractivity contribution in [2.45, 2.75) is 24.9 Å². The Balaban J connectivity index is 1.50. The summed E-state index contributed by atoms with van der Waals surface area (Å²) in [5, 5.41) is 10.5. The van der Waals surface area contributed by atoms with Crippen molar-refractivity contribution in [2.75, 3.05) is 25.5 Å². The van der Waals surface area contributed by atoms with Crippen LogP contribution in [0.2, 0.25) is 0 Å². The second-order valence-electron chi connectivity index (χ2n) is 6.29. The Morgan fingerprint density at radius 1 is 1.36 bits per heavy atom. The summed E-state index contributed by atoms with van der Waals surface area (Å²) < 4.78 is 37.8. The minimum absolute atomic E-state index is 0.0109. The number of anilines is 1. The van der Waals surface area contributed by atoms with Crippen molar-refractivity contribution < 1.29 is 18.0 Å². The number of hydrogen-bond donors (Lipinski definition) is 3. The fourth-order valence-corrected chi connectivity index (χ4v) is 3.77. The number of hydrogen-bond acceptors (Lipinski definition) is 4.